The zero-order chi connectivity index (χ0) is 16.4. The van der Waals surface area contributed by atoms with Gasteiger partial charge in [-0.2, -0.15) is 0 Å². The van der Waals surface area contributed by atoms with Gasteiger partial charge in [-0.05, 0) is 80.0 Å². The molecule has 4 aliphatic rings. The second-order valence-corrected chi connectivity index (χ2v) is 10.4. The molecule has 0 aromatic carbocycles. The van der Waals surface area contributed by atoms with E-state index in [0.717, 1.165) is 23.7 Å². The minimum absolute atomic E-state index is 0.509. The number of aromatic nitrogens is 1. The molecule has 2 heteroatoms. The Balaban J connectivity index is 1.49. The summed E-state index contributed by atoms with van der Waals surface area (Å²) in [7, 11) is 0. The third-order valence-corrected chi connectivity index (χ3v) is 9.66. The molecule has 130 valence electrons. The molecule has 3 fully saturated rings. The molecule has 0 unspecified atom stereocenters. The first-order valence-corrected chi connectivity index (χ1v) is 11.1. The summed E-state index contributed by atoms with van der Waals surface area (Å²) in [5.74, 6) is 3.57. The van der Waals surface area contributed by atoms with Crippen LogP contribution in [0.1, 0.15) is 82.6 Å². The van der Waals surface area contributed by atoms with Crippen molar-refractivity contribution in [1.82, 2.24) is 4.98 Å². The summed E-state index contributed by atoms with van der Waals surface area (Å²) in [4.78, 5) is 4.72. The van der Waals surface area contributed by atoms with E-state index in [1.807, 2.05) is 23.1 Å². The lowest BCUT2D eigenvalue weighted by molar-refractivity contribution is -0.0307. The van der Waals surface area contributed by atoms with E-state index in [1.165, 1.54) is 62.8 Å². The van der Waals surface area contributed by atoms with Gasteiger partial charge in [0.25, 0.3) is 0 Å². The Morgan fingerprint density at radius 2 is 2.00 bits per heavy atom. The highest BCUT2D eigenvalue weighted by Gasteiger charge is 2.58. The Labute approximate surface area is 151 Å². The Morgan fingerprint density at radius 1 is 1.08 bits per heavy atom. The minimum Gasteiger partial charge on any atom is -0.249 e. The number of hydrogen-bond acceptors (Lipinski definition) is 2. The van der Waals surface area contributed by atoms with Crippen LogP contribution < -0.4 is 0 Å². The first-order valence-electron chi connectivity index (χ1n) is 10.2. The fraction of sp³-hybridized carbons (Fsp3) is 0.773. The Hall–Kier alpha value is -0.630. The lowest BCUT2D eigenvalue weighted by Gasteiger charge is -2.57. The predicted octanol–water partition coefficient (Wildman–Crippen LogP) is 6.58. The molecule has 0 saturated heterocycles. The highest BCUT2D eigenvalue weighted by atomic mass is 32.1. The molecule has 0 radical (unpaired) electrons. The number of hydrogen-bond donors (Lipinski definition) is 0. The number of allylic oxidation sites excluding steroid dienone is 2. The van der Waals surface area contributed by atoms with Gasteiger partial charge in [0.15, 0.2) is 0 Å². The van der Waals surface area contributed by atoms with Crippen LogP contribution in [0.5, 0.6) is 0 Å². The molecule has 3 saturated carbocycles. The van der Waals surface area contributed by atoms with E-state index in [0.29, 0.717) is 10.8 Å². The van der Waals surface area contributed by atoms with E-state index < -0.39 is 0 Å². The van der Waals surface area contributed by atoms with Crippen molar-refractivity contribution in [2.24, 2.45) is 28.6 Å². The molecule has 1 heterocycles. The molecule has 0 spiro atoms. The summed E-state index contributed by atoms with van der Waals surface area (Å²) in [6.45, 7) is 5.25. The highest BCUT2D eigenvalue weighted by Crippen LogP contribution is 2.68. The monoisotopic (exact) mass is 341 g/mol. The average molecular weight is 342 g/mol. The zero-order valence-electron chi connectivity index (χ0n) is 15.3. The van der Waals surface area contributed by atoms with Gasteiger partial charge in [0.05, 0.1) is 5.01 Å². The van der Waals surface area contributed by atoms with E-state index in [-0.39, 0.29) is 0 Å². The van der Waals surface area contributed by atoms with Gasteiger partial charge in [-0.15, -0.1) is 11.3 Å². The lowest BCUT2D eigenvalue weighted by atomic mass is 9.47. The number of fused-ring (bicyclic) bond motifs is 5. The molecule has 6 atom stereocenters. The fourth-order valence-electron chi connectivity index (χ4n) is 7.51. The lowest BCUT2D eigenvalue weighted by Crippen LogP contribution is -2.49. The molecule has 1 nitrogen and oxygen atoms in total. The molecule has 0 aliphatic heterocycles. The van der Waals surface area contributed by atoms with Gasteiger partial charge in [-0.1, -0.05) is 31.9 Å². The van der Waals surface area contributed by atoms with Crippen LogP contribution in [-0.4, -0.2) is 4.98 Å². The number of rotatable bonds is 1. The largest absolute Gasteiger partial charge is 0.249 e. The maximum atomic E-state index is 4.72. The third-order valence-electron chi connectivity index (χ3n) is 8.77. The van der Waals surface area contributed by atoms with Crippen LogP contribution in [0.25, 0.3) is 0 Å². The van der Waals surface area contributed by atoms with Crippen molar-refractivity contribution in [2.45, 2.75) is 77.6 Å². The molecule has 1 aromatic heterocycles. The second-order valence-electron chi connectivity index (χ2n) is 9.51. The van der Waals surface area contributed by atoms with E-state index >= 15 is 0 Å². The van der Waals surface area contributed by atoms with Crippen LogP contribution in [0.15, 0.2) is 23.2 Å². The van der Waals surface area contributed by atoms with Crippen molar-refractivity contribution < 1.29 is 0 Å². The van der Waals surface area contributed by atoms with Gasteiger partial charge >= 0.3 is 0 Å². The van der Waals surface area contributed by atoms with Crippen LogP contribution in [0, 0.1) is 28.6 Å². The van der Waals surface area contributed by atoms with E-state index in [1.54, 1.807) is 0 Å². The van der Waals surface area contributed by atoms with E-state index in [2.05, 4.69) is 25.3 Å². The first kappa shape index (κ1) is 15.6. The molecule has 5 rings (SSSR count). The first-order chi connectivity index (χ1) is 11.6. The van der Waals surface area contributed by atoms with Crippen LogP contribution >= 0.6 is 11.3 Å². The van der Waals surface area contributed by atoms with Crippen molar-refractivity contribution in [2.75, 3.05) is 0 Å². The highest BCUT2D eigenvalue weighted by molar-refractivity contribution is 7.09. The molecule has 1 aromatic rings. The van der Waals surface area contributed by atoms with Crippen molar-refractivity contribution >= 4 is 11.3 Å². The van der Waals surface area contributed by atoms with Gasteiger partial charge < -0.3 is 0 Å². The van der Waals surface area contributed by atoms with Gasteiger partial charge in [-0.25, -0.2) is 4.98 Å². The van der Waals surface area contributed by atoms with E-state index in [4.69, 9.17) is 4.98 Å². The van der Waals surface area contributed by atoms with Crippen LogP contribution in [0.4, 0.5) is 0 Å². The number of nitrogens with zero attached hydrogens (tertiary/aromatic N) is 1. The van der Waals surface area contributed by atoms with E-state index in [9.17, 15) is 0 Å². The molecule has 24 heavy (non-hydrogen) atoms. The number of thiazole rings is 1. The minimum atomic E-state index is 0.509. The summed E-state index contributed by atoms with van der Waals surface area (Å²) in [6, 6.07) is 0. The SMILES string of the molecule is C[C@]12CC[C@H]3[C@@H](CC=C4CCCC[C@@]43C)[C@@H]1CC[C@@H]2c1nccs1. The topological polar surface area (TPSA) is 12.9 Å². The molecule has 0 bridgehead atoms. The second kappa shape index (κ2) is 5.43. The molecule has 0 amide bonds. The van der Waals surface area contributed by atoms with Crippen LogP contribution in [0.3, 0.4) is 0 Å². The molecular formula is C22H31NS. The van der Waals surface area contributed by atoms with Crippen LogP contribution in [-0.2, 0) is 0 Å². The standard InChI is InChI=1S/C22H31NS/c1-21-11-4-3-5-15(21)6-7-16-17-8-9-19(20-23-13-14-24-20)22(17,2)12-10-18(16)21/h6,13-14,16-19H,3-5,7-12H2,1-2H3/t16-,17-,18-,19+,21-,22-/m0/s1. The van der Waals surface area contributed by atoms with Crippen molar-refractivity contribution in [3.63, 3.8) is 0 Å². The summed E-state index contributed by atoms with van der Waals surface area (Å²) in [5.41, 5.74) is 2.89. The maximum absolute atomic E-state index is 4.72. The summed E-state index contributed by atoms with van der Waals surface area (Å²) in [5, 5.41) is 3.60. The van der Waals surface area contributed by atoms with Crippen LogP contribution in [0.2, 0.25) is 0 Å². The summed E-state index contributed by atoms with van der Waals surface area (Å²) >= 11 is 1.90. The van der Waals surface area contributed by atoms with Gasteiger partial charge in [0, 0.05) is 17.5 Å². The zero-order valence-corrected chi connectivity index (χ0v) is 16.1. The van der Waals surface area contributed by atoms with Crippen molar-refractivity contribution in [1.29, 1.82) is 0 Å². The quantitative estimate of drug-likeness (QED) is 0.526. The molecule has 0 N–H and O–H groups in total. The normalized spacial score (nSPS) is 47.5. The summed E-state index contributed by atoms with van der Waals surface area (Å²) < 4.78 is 0. The van der Waals surface area contributed by atoms with Gasteiger partial charge in [-0.3, -0.25) is 0 Å². The predicted molar refractivity (Wildman–Crippen MR) is 101 cm³/mol. The van der Waals surface area contributed by atoms with Gasteiger partial charge in [0.1, 0.15) is 0 Å². The maximum Gasteiger partial charge on any atom is 0.0961 e. The third kappa shape index (κ3) is 2.01. The Morgan fingerprint density at radius 3 is 2.83 bits per heavy atom. The van der Waals surface area contributed by atoms with Crippen molar-refractivity contribution in [3.8, 4) is 0 Å². The fourth-order valence-corrected chi connectivity index (χ4v) is 8.44. The van der Waals surface area contributed by atoms with Gasteiger partial charge in [0.2, 0.25) is 0 Å². The Kier molecular flexibility index (Phi) is 3.53. The molecule has 4 aliphatic carbocycles. The Bertz CT molecular complexity index is 647. The molecular weight excluding hydrogens is 310 g/mol. The van der Waals surface area contributed by atoms with Crippen molar-refractivity contribution in [3.05, 3.63) is 28.2 Å². The smallest absolute Gasteiger partial charge is 0.0961 e. The average Bonchev–Trinajstić information content (AvgIpc) is 3.20. The summed E-state index contributed by atoms with van der Waals surface area (Å²) in [6.07, 6.45) is 17.6.